The lowest BCUT2D eigenvalue weighted by molar-refractivity contribution is -0.181. The van der Waals surface area contributed by atoms with Crippen LogP contribution in [0.4, 0.5) is 0 Å². The van der Waals surface area contributed by atoms with Gasteiger partial charge in [0, 0.05) is 6.42 Å². The van der Waals surface area contributed by atoms with E-state index < -0.39 is 5.79 Å². The Balaban J connectivity index is 2.08. The van der Waals surface area contributed by atoms with Gasteiger partial charge in [-0.2, -0.15) is 0 Å². The van der Waals surface area contributed by atoms with Gasteiger partial charge in [0.2, 0.25) is 0 Å². The molecule has 1 fully saturated rings. The summed E-state index contributed by atoms with van der Waals surface area (Å²) in [6, 6.07) is 10.1. The first-order chi connectivity index (χ1) is 9.16. The molecule has 2 atom stereocenters. The number of ether oxygens (including phenoxy) is 2. The van der Waals surface area contributed by atoms with E-state index in [1.807, 2.05) is 24.3 Å². The molecule has 0 bridgehead atoms. The normalized spacial score (nSPS) is 20.9. The summed E-state index contributed by atoms with van der Waals surface area (Å²) in [6.07, 6.45) is 3.43. The summed E-state index contributed by atoms with van der Waals surface area (Å²) in [5.74, 6) is -0.344. The zero-order chi connectivity index (χ0) is 13.7. The Morgan fingerprint density at radius 2 is 1.95 bits per heavy atom. The van der Waals surface area contributed by atoms with E-state index in [0.717, 1.165) is 12.8 Å². The molecule has 1 aliphatic rings. The number of hydrogen-bond donors (Lipinski definition) is 1. The zero-order valence-corrected chi connectivity index (χ0v) is 11.5. The Morgan fingerprint density at radius 1 is 1.32 bits per heavy atom. The summed E-state index contributed by atoms with van der Waals surface area (Å²) in [4.78, 5) is 0. The van der Waals surface area contributed by atoms with Crippen molar-refractivity contribution in [3.63, 3.8) is 0 Å². The standard InChI is InChI=1S/C16H23NO2/c1-3-13(2)12-16(18-9-10-19-16)15(17)11-14-7-5-4-6-8-14/h3-8,13,15H,1,9-12,17H2,2H3/t13-,15+/m0/s1. The van der Waals surface area contributed by atoms with Gasteiger partial charge in [0.15, 0.2) is 5.79 Å². The average molecular weight is 261 g/mol. The van der Waals surface area contributed by atoms with Crippen LogP contribution in [0.2, 0.25) is 0 Å². The maximum Gasteiger partial charge on any atom is 0.184 e. The highest BCUT2D eigenvalue weighted by atomic mass is 16.7. The first-order valence-electron chi connectivity index (χ1n) is 6.86. The van der Waals surface area contributed by atoms with E-state index in [1.165, 1.54) is 5.56 Å². The second kappa shape index (κ2) is 6.33. The van der Waals surface area contributed by atoms with Gasteiger partial charge in [-0.3, -0.25) is 0 Å². The van der Waals surface area contributed by atoms with E-state index in [0.29, 0.717) is 19.1 Å². The van der Waals surface area contributed by atoms with Gasteiger partial charge in [0.05, 0.1) is 19.3 Å². The SMILES string of the molecule is C=C[C@H](C)CC1([C@H](N)Cc2ccccc2)OCCO1. The molecule has 0 amide bonds. The molecule has 1 aromatic carbocycles. The third-order valence-corrected chi connectivity index (χ3v) is 3.65. The molecule has 1 saturated heterocycles. The van der Waals surface area contributed by atoms with E-state index in [4.69, 9.17) is 15.2 Å². The predicted molar refractivity (Wildman–Crippen MR) is 76.7 cm³/mol. The van der Waals surface area contributed by atoms with Gasteiger partial charge < -0.3 is 15.2 Å². The van der Waals surface area contributed by atoms with Crippen molar-refractivity contribution in [2.24, 2.45) is 11.7 Å². The van der Waals surface area contributed by atoms with Crippen molar-refractivity contribution < 1.29 is 9.47 Å². The van der Waals surface area contributed by atoms with Gasteiger partial charge in [0.25, 0.3) is 0 Å². The molecule has 3 nitrogen and oxygen atoms in total. The van der Waals surface area contributed by atoms with Crippen LogP contribution < -0.4 is 5.73 Å². The third-order valence-electron chi connectivity index (χ3n) is 3.65. The van der Waals surface area contributed by atoms with Crippen molar-refractivity contribution in [3.05, 3.63) is 48.6 Å². The van der Waals surface area contributed by atoms with Crippen LogP contribution in [0.5, 0.6) is 0 Å². The quantitative estimate of drug-likeness (QED) is 0.800. The smallest absolute Gasteiger partial charge is 0.184 e. The van der Waals surface area contributed by atoms with Crippen LogP contribution >= 0.6 is 0 Å². The van der Waals surface area contributed by atoms with Crippen molar-refractivity contribution in [1.29, 1.82) is 0 Å². The highest BCUT2D eigenvalue weighted by molar-refractivity contribution is 5.16. The van der Waals surface area contributed by atoms with E-state index in [1.54, 1.807) is 0 Å². The summed E-state index contributed by atoms with van der Waals surface area (Å²) in [7, 11) is 0. The van der Waals surface area contributed by atoms with E-state index >= 15 is 0 Å². The molecule has 0 spiro atoms. The van der Waals surface area contributed by atoms with Crippen LogP contribution in [-0.2, 0) is 15.9 Å². The molecule has 104 valence electrons. The summed E-state index contributed by atoms with van der Waals surface area (Å²) in [6.45, 7) is 7.17. The van der Waals surface area contributed by atoms with E-state index in [-0.39, 0.29) is 6.04 Å². The zero-order valence-electron chi connectivity index (χ0n) is 11.5. The van der Waals surface area contributed by atoms with Gasteiger partial charge in [-0.15, -0.1) is 6.58 Å². The molecule has 19 heavy (non-hydrogen) atoms. The molecule has 1 aromatic rings. The predicted octanol–water partition coefficient (Wildman–Crippen LogP) is 2.51. The molecule has 2 rings (SSSR count). The van der Waals surface area contributed by atoms with E-state index in [9.17, 15) is 0 Å². The molecule has 0 aliphatic carbocycles. The lowest BCUT2D eigenvalue weighted by Gasteiger charge is -2.35. The van der Waals surface area contributed by atoms with E-state index in [2.05, 4.69) is 25.6 Å². The number of benzene rings is 1. The fraction of sp³-hybridized carbons (Fsp3) is 0.500. The summed E-state index contributed by atoms with van der Waals surface area (Å²) in [5, 5.41) is 0. The Bertz CT molecular complexity index is 398. The highest BCUT2D eigenvalue weighted by Crippen LogP contribution is 2.31. The van der Waals surface area contributed by atoms with Crippen LogP contribution in [0.1, 0.15) is 18.9 Å². The van der Waals surface area contributed by atoms with Gasteiger partial charge >= 0.3 is 0 Å². The maximum atomic E-state index is 6.36. The summed E-state index contributed by atoms with van der Waals surface area (Å²) in [5.41, 5.74) is 7.57. The van der Waals surface area contributed by atoms with Gasteiger partial charge in [-0.25, -0.2) is 0 Å². The molecule has 0 unspecified atom stereocenters. The minimum Gasteiger partial charge on any atom is -0.346 e. The Hall–Kier alpha value is -1.16. The highest BCUT2D eigenvalue weighted by Gasteiger charge is 2.43. The lowest BCUT2D eigenvalue weighted by Crippen LogP contribution is -2.51. The fourth-order valence-corrected chi connectivity index (χ4v) is 2.51. The number of allylic oxidation sites excluding steroid dienone is 1. The van der Waals surface area contributed by atoms with Crippen molar-refractivity contribution in [3.8, 4) is 0 Å². The first-order valence-corrected chi connectivity index (χ1v) is 6.86. The molecule has 0 aromatic heterocycles. The minimum atomic E-state index is -0.663. The van der Waals surface area contributed by atoms with Gasteiger partial charge in [-0.05, 0) is 17.9 Å². The van der Waals surface area contributed by atoms with Crippen LogP contribution in [0.15, 0.2) is 43.0 Å². The molecule has 0 saturated carbocycles. The van der Waals surface area contributed by atoms with Crippen molar-refractivity contribution >= 4 is 0 Å². The largest absolute Gasteiger partial charge is 0.346 e. The van der Waals surface area contributed by atoms with Crippen molar-refractivity contribution in [2.75, 3.05) is 13.2 Å². The fourth-order valence-electron chi connectivity index (χ4n) is 2.51. The number of rotatable bonds is 6. The van der Waals surface area contributed by atoms with Crippen molar-refractivity contribution in [2.45, 2.75) is 31.6 Å². The van der Waals surface area contributed by atoms with Crippen LogP contribution in [0.3, 0.4) is 0 Å². The molecule has 3 heteroatoms. The number of nitrogens with two attached hydrogens (primary N) is 1. The molecular weight excluding hydrogens is 238 g/mol. The summed E-state index contributed by atoms with van der Waals surface area (Å²) < 4.78 is 11.7. The third kappa shape index (κ3) is 3.44. The Labute approximate surface area is 115 Å². The second-order valence-electron chi connectivity index (χ2n) is 5.22. The molecule has 1 heterocycles. The molecule has 0 radical (unpaired) electrons. The average Bonchev–Trinajstić information content (AvgIpc) is 2.89. The van der Waals surface area contributed by atoms with Crippen LogP contribution in [-0.4, -0.2) is 25.0 Å². The first kappa shape index (κ1) is 14.3. The topological polar surface area (TPSA) is 44.5 Å². The molecule has 2 N–H and O–H groups in total. The maximum absolute atomic E-state index is 6.36. The second-order valence-corrected chi connectivity index (χ2v) is 5.22. The van der Waals surface area contributed by atoms with Gasteiger partial charge in [-0.1, -0.05) is 43.3 Å². The molecule has 1 aliphatic heterocycles. The van der Waals surface area contributed by atoms with Crippen molar-refractivity contribution in [1.82, 2.24) is 0 Å². The Morgan fingerprint density at radius 3 is 2.53 bits per heavy atom. The summed E-state index contributed by atoms with van der Waals surface area (Å²) >= 11 is 0. The van der Waals surface area contributed by atoms with Crippen LogP contribution in [0, 0.1) is 5.92 Å². The lowest BCUT2D eigenvalue weighted by atomic mass is 9.91. The Kier molecular flexibility index (Phi) is 4.75. The van der Waals surface area contributed by atoms with Gasteiger partial charge in [0.1, 0.15) is 0 Å². The number of hydrogen-bond acceptors (Lipinski definition) is 3. The minimum absolute atomic E-state index is 0.167. The molecular formula is C16H23NO2. The van der Waals surface area contributed by atoms with Crippen LogP contribution in [0.25, 0.3) is 0 Å². The monoisotopic (exact) mass is 261 g/mol.